The number of hydrogen-bond acceptors (Lipinski definition) is 6. The fourth-order valence-corrected chi connectivity index (χ4v) is 5.73. The maximum atomic E-state index is 13.2. The highest BCUT2D eigenvalue weighted by molar-refractivity contribution is 8.19. The van der Waals surface area contributed by atoms with E-state index in [2.05, 4.69) is 45.2 Å². The van der Waals surface area contributed by atoms with E-state index in [0.29, 0.717) is 15.0 Å². The fraction of sp³-hybridized carbons (Fsp3) is 0.167. The number of thioether (sulfide) groups is 1. The van der Waals surface area contributed by atoms with Crippen LogP contribution in [0.2, 0.25) is 0 Å². The summed E-state index contributed by atoms with van der Waals surface area (Å²) >= 11 is 2.66. The highest BCUT2D eigenvalue weighted by Gasteiger charge is 2.39. The predicted molar refractivity (Wildman–Crippen MR) is 128 cm³/mol. The summed E-state index contributed by atoms with van der Waals surface area (Å²) < 4.78 is 2.21. The Morgan fingerprint density at radius 3 is 2.65 bits per heavy atom. The van der Waals surface area contributed by atoms with Crippen LogP contribution in [-0.4, -0.2) is 25.6 Å². The molecule has 4 aromatic rings. The Morgan fingerprint density at radius 1 is 1.10 bits per heavy atom. The number of rotatable bonds is 5. The molecule has 1 N–H and O–H groups in total. The van der Waals surface area contributed by atoms with Gasteiger partial charge >= 0.3 is 0 Å². The van der Waals surface area contributed by atoms with Gasteiger partial charge in [-0.3, -0.25) is 10.2 Å². The summed E-state index contributed by atoms with van der Waals surface area (Å²) in [5, 5.41) is 19.6. The zero-order valence-corrected chi connectivity index (χ0v) is 18.5. The Hall–Kier alpha value is -3.03. The molecule has 0 spiro atoms. The first-order valence-corrected chi connectivity index (χ1v) is 11.7. The zero-order valence-electron chi connectivity index (χ0n) is 16.9. The largest absolute Gasteiger partial charge is 0.342 e. The van der Waals surface area contributed by atoms with Gasteiger partial charge in [-0.1, -0.05) is 67.2 Å². The first-order valence-electron chi connectivity index (χ1n) is 10.1. The number of para-hydroxylation sites is 1. The molecule has 2 aromatic heterocycles. The summed E-state index contributed by atoms with van der Waals surface area (Å²) in [5.74, 6) is -0.680. The van der Waals surface area contributed by atoms with Gasteiger partial charge in [-0.2, -0.15) is 0 Å². The van der Waals surface area contributed by atoms with Gasteiger partial charge in [0.05, 0.1) is 9.95 Å². The molecule has 1 atom stereocenters. The minimum absolute atomic E-state index is 0.0614. The van der Waals surface area contributed by atoms with Gasteiger partial charge in [0.1, 0.15) is 15.9 Å². The van der Waals surface area contributed by atoms with Gasteiger partial charge in [0.2, 0.25) is 0 Å². The van der Waals surface area contributed by atoms with E-state index in [1.807, 2.05) is 43.3 Å². The van der Waals surface area contributed by atoms with Crippen molar-refractivity contribution < 1.29 is 4.79 Å². The number of nitrogens with one attached hydrogen (secondary N) is 1. The second-order valence-electron chi connectivity index (χ2n) is 7.37. The maximum Gasteiger partial charge on any atom is 0.186 e. The van der Waals surface area contributed by atoms with Crippen molar-refractivity contribution in [1.29, 1.82) is 5.41 Å². The van der Waals surface area contributed by atoms with Gasteiger partial charge in [0, 0.05) is 29.2 Å². The Bertz CT molecular complexity index is 1320. The molecule has 0 radical (unpaired) electrons. The Morgan fingerprint density at radius 2 is 1.87 bits per heavy atom. The number of carbonyl (C=O) groups is 1. The van der Waals surface area contributed by atoms with Crippen LogP contribution in [-0.2, 0) is 17.8 Å². The molecule has 0 amide bonds. The third kappa shape index (κ3) is 3.75. The van der Waals surface area contributed by atoms with Crippen molar-refractivity contribution in [3.63, 3.8) is 0 Å². The van der Waals surface area contributed by atoms with Gasteiger partial charge in [0.25, 0.3) is 0 Å². The summed E-state index contributed by atoms with van der Waals surface area (Å²) in [6.45, 7) is 2.77. The number of ketones is 1. The van der Waals surface area contributed by atoms with E-state index in [1.165, 1.54) is 28.7 Å². The second-order valence-corrected chi connectivity index (χ2v) is 9.55. The molecule has 3 heterocycles. The third-order valence-electron chi connectivity index (χ3n) is 5.32. The van der Waals surface area contributed by atoms with Crippen LogP contribution in [0.1, 0.15) is 34.0 Å². The topological polar surface area (TPSA) is 71.6 Å². The van der Waals surface area contributed by atoms with Crippen LogP contribution >= 0.6 is 23.1 Å². The Labute approximate surface area is 188 Å². The summed E-state index contributed by atoms with van der Waals surface area (Å²) in [6.07, 6.45) is 4.80. The summed E-state index contributed by atoms with van der Waals surface area (Å²) in [4.78, 5) is 13.7. The van der Waals surface area contributed by atoms with Crippen molar-refractivity contribution >= 4 is 50.9 Å². The van der Waals surface area contributed by atoms with Crippen LogP contribution in [0, 0.1) is 5.41 Å². The number of benzene rings is 2. The molecule has 1 aliphatic heterocycles. The van der Waals surface area contributed by atoms with Crippen LogP contribution in [0.5, 0.6) is 0 Å². The van der Waals surface area contributed by atoms with Crippen LogP contribution < -0.4 is 0 Å². The summed E-state index contributed by atoms with van der Waals surface area (Å²) in [5.41, 5.74) is 3.33. The van der Waals surface area contributed by atoms with E-state index in [-0.39, 0.29) is 5.78 Å². The van der Waals surface area contributed by atoms with E-state index < -0.39 is 5.92 Å². The molecule has 0 unspecified atom stereocenters. The van der Waals surface area contributed by atoms with Gasteiger partial charge < -0.3 is 4.57 Å². The lowest BCUT2D eigenvalue weighted by atomic mass is 10.0. The van der Waals surface area contributed by atoms with Gasteiger partial charge in [-0.25, -0.2) is 0 Å². The lowest BCUT2D eigenvalue weighted by Gasteiger charge is -2.05. The fourth-order valence-electron chi connectivity index (χ4n) is 3.78. The lowest BCUT2D eigenvalue weighted by molar-refractivity contribution is -0.114. The van der Waals surface area contributed by atoms with Crippen LogP contribution in [0.15, 0.2) is 65.7 Å². The number of hydrogen-bond donors (Lipinski definition) is 1. The monoisotopic (exact) mass is 444 g/mol. The van der Waals surface area contributed by atoms with Crippen molar-refractivity contribution in [3.05, 3.63) is 86.8 Å². The highest BCUT2D eigenvalue weighted by Crippen LogP contribution is 2.42. The molecule has 5 rings (SSSR count). The predicted octanol–water partition coefficient (Wildman–Crippen LogP) is 5.52. The Balaban J connectivity index is 1.51. The van der Waals surface area contributed by atoms with Crippen molar-refractivity contribution in [1.82, 2.24) is 14.8 Å². The standard InChI is InChI=1S/C24H20N4OS2/c1-2-20-26-27-24(31-20)21-22(29)19(30-23(21)25)12-16-14-28(13-15-8-4-3-5-9-15)18-11-7-6-10-17(16)18/h3-12,14,21,25H,2,13H2,1H3/b19-12-,25-23?/t21-/m1/s1. The smallest absolute Gasteiger partial charge is 0.186 e. The van der Waals surface area contributed by atoms with E-state index in [1.54, 1.807) is 0 Å². The first kappa shape index (κ1) is 19.9. The molecule has 1 aliphatic rings. The molecule has 7 heteroatoms. The van der Waals surface area contributed by atoms with Crippen LogP contribution in [0.4, 0.5) is 0 Å². The van der Waals surface area contributed by atoms with E-state index in [4.69, 9.17) is 5.41 Å². The van der Waals surface area contributed by atoms with E-state index in [9.17, 15) is 4.79 Å². The average molecular weight is 445 g/mol. The number of nitrogens with zero attached hydrogens (tertiary/aromatic N) is 3. The quantitative estimate of drug-likeness (QED) is 0.411. The number of aryl methyl sites for hydroxylation is 1. The SMILES string of the molecule is CCc1nnc([C@H]2C(=N)S/C(=C\c3cn(Cc4ccccc4)c4ccccc34)C2=O)s1. The molecule has 0 bridgehead atoms. The van der Waals surface area contributed by atoms with Crippen LogP contribution in [0.3, 0.4) is 0 Å². The van der Waals surface area contributed by atoms with Crippen molar-refractivity contribution in [2.24, 2.45) is 0 Å². The number of fused-ring (bicyclic) bond motifs is 1. The van der Waals surface area contributed by atoms with Crippen molar-refractivity contribution in [2.45, 2.75) is 25.8 Å². The Kier molecular flexibility index (Phi) is 5.29. The number of carbonyl (C=O) groups excluding carboxylic acids is 1. The zero-order chi connectivity index (χ0) is 21.4. The second kappa shape index (κ2) is 8.24. The average Bonchev–Trinajstić information content (AvgIpc) is 3.46. The molecule has 154 valence electrons. The third-order valence-corrected chi connectivity index (χ3v) is 7.45. The van der Waals surface area contributed by atoms with E-state index >= 15 is 0 Å². The van der Waals surface area contributed by atoms with Crippen LogP contribution in [0.25, 0.3) is 17.0 Å². The normalized spacial score (nSPS) is 17.8. The minimum atomic E-state index is -0.619. The van der Waals surface area contributed by atoms with Crippen molar-refractivity contribution in [3.8, 4) is 0 Å². The van der Waals surface area contributed by atoms with Gasteiger partial charge in [-0.15, -0.1) is 21.5 Å². The maximum absolute atomic E-state index is 13.2. The van der Waals surface area contributed by atoms with Gasteiger partial charge in [-0.05, 0) is 24.1 Å². The molecule has 0 saturated carbocycles. The number of Topliss-reactive ketones (excluding diaryl/α,β-unsaturated/α-hetero) is 1. The number of allylic oxidation sites excluding steroid dienone is 1. The molecular formula is C24H20N4OS2. The minimum Gasteiger partial charge on any atom is -0.342 e. The molecular weight excluding hydrogens is 424 g/mol. The molecule has 1 fully saturated rings. The first-order chi connectivity index (χ1) is 15.1. The molecule has 5 nitrogen and oxygen atoms in total. The van der Waals surface area contributed by atoms with Gasteiger partial charge in [0.15, 0.2) is 5.78 Å². The summed E-state index contributed by atoms with van der Waals surface area (Å²) in [7, 11) is 0. The van der Waals surface area contributed by atoms with Crippen molar-refractivity contribution in [2.75, 3.05) is 0 Å². The number of aromatic nitrogens is 3. The lowest BCUT2D eigenvalue weighted by Crippen LogP contribution is -2.11. The summed E-state index contributed by atoms with van der Waals surface area (Å²) in [6, 6.07) is 18.5. The molecule has 2 aromatic carbocycles. The molecule has 1 saturated heterocycles. The highest BCUT2D eigenvalue weighted by atomic mass is 32.2. The van der Waals surface area contributed by atoms with E-state index in [0.717, 1.165) is 34.4 Å². The molecule has 31 heavy (non-hydrogen) atoms. The molecule has 0 aliphatic carbocycles.